The molecular weight excluding hydrogens is 209 g/mol. The number of halogens is 2. The monoisotopic (exact) mass is 218 g/mol. The summed E-state index contributed by atoms with van der Waals surface area (Å²) in [5.74, 6) is -0.119. The molecule has 1 aromatic heterocycles. The van der Waals surface area contributed by atoms with Crippen LogP contribution in [0.4, 0.5) is 8.78 Å². The minimum Gasteiger partial charge on any atom is -0.402 e. The molecule has 1 aliphatic rings. The second-order valence-electron chi connectivity index (χ2n) is 3.34. The van der Waals surface area contributed by atoms with E-state index in [1.165, 1.54) is 12.3 Å². The predicted octanol–water partition coefficient (Wildman–Crippen LogP) is 0.120. The molecule has 15 heavy (non-hydrogen) atoms. The second kappa shape index (κ2) is 3.88. The fourth-order valence-corrected chi connectivity index (χ4v) is 1.45. The number of aromatic nitrogens is 2. The topological polar surface area (TPSA) is 67.5 Å². The third kappa shape index (κ3) is 2.33. The van der Waals surface area contributed by atoms with Gasteiger partial charge in [-0.05, 0) is 12.5 Å². The first kappa shape index (κ1) is 10.5. The van der Waals surface area contributed by atoms with Gasteiger partial charge in [-0.15, -0.1) is 0 Å². The quantitative estimate of drug-likeness (QED) is 0.704. The number of rotatable bonds is 4. The van der Waals surface area contributed by atoms with Gasteiger partial charge in [0.1, 0.15) is 0 Å². The molecule has 0 saturated heterocycles. The summed E-state index contributed by atoms with van der Waals surface area (Å²) in [5.41, 5.74) is 0.487. The molecule has 0 amide bonds. The van der Waals surface area contributed by atoms with Crippen LogP contribution in [0.25, 0.3) is 0 Å². The maximum absolute atomic E-state index is 12.2. The Morgan fingerprint density at radius 1 is 1.60 bits per heavy atom. The highest BCUT2D eigenvalue weighted by Gasteiger charge is 2.43. The smallest absolute Gasteiger partial charge is 0.402 e. The maximum atomic E-state index is 12.2. The summed E-state index contributed by atoms with van der Waals surface area (Å²) in [6, 6.07) is 1.48. The summed E-state index contributed by atoms with van der Waals surface area (Å²) in [6.45, 7) is -2.65. The Hall–Kier alpha value is -0.985. The second-order valence-corrected chi connectivity index (χ2v) is 3.34. The fourth-order valence-electron chi connectivity index (χ4n) is 1.45. The molecule has 1 heterocycles. The first-order valence-corrected chi connectivity index (χ1v) is 4.42. The lowest BCUT2D eigenvalue weighted by molar-refractivity contribution is 0.0560. The van der Waals surface area contributed by atoms with E-state index in [2.05, 4.69) is 9.75 Å². The number of hydrogen-bond acceptors (Lipinski definition) is 4. The lowest BCUT2D eigenvalue weighted by Gasteiger charge is -1.99. The van der Waals surface area contributed by atoms with Crippen LogP contribution in [0.3, 0.4) is 0 Å². The van der Waals surface area contributed by atoms with Crippen molar-refractivity contribution in [3.63, 3.8) is 0 Å². The number of alkyl halides is 2. The van der Waals surface area contributed by atoms with Gasteiger partial charge in [0.2, 0.25) is 0 Å². The van der Waals surface area contributed by atoms with E-state index in [-0.39, 0.29) is 12.0 Å². The summed E-state index contributed by atoms with van der Waals surface area (Å²) in [6.07, 6.45) is 1.41. The van der Waals surface area contributed by atoms with Gasteiger partial charge in [-0.25, -0.2) is 4.68 Å². The van der Waals surface area contributed by atoms with Crippen molar-refractivity contribution >= 4 is 7.32 Å². The van der Waals surface area contributed by atoms with E-state index in [0.717, 1.165) is 0 Å². The Labute approximate surface area is 84.5 Å². The van der Waals surface area contributed by atoms with Crippen LogP contribution in [-0.4, -0.2) is 33.3 Å². The SMILES string of the molecule is OB(O)O[C@H]1C[C@H]1c1ccn(C(F)F)n1. The Morgan fingerprint density at radius 2 is 2.33 bits per heavy atom. The maximum Gasteiger partial charge on any atom is 0.634 e. The average molecular weight is 218 g/mol. The molecular formula is C7H9BF2N2O3. The first-order valence-electron chi connectivity index (χ1n) is 4.42. The van der Waals surface area contributed by atoms with Gasteiger partial charge in [0.25, 0.3) is 0 Å². The zero-order valence-corrected chi connectivity index (χ0v) is 7.62. The highest BCUT2D eigenvalue weighted by Crippen LogP contribution is 2.42. The fraction of sp³-hybridized carbons (Fsp3) is 0.571. The molecule has 5 nitrogen and oxygen atoms in total. The van der Waals surface area contributed by atoms with E-state index in [1.807, 2.05) is 0 Å². The zero-order valence-electron chi connectivity index (χ0n) is 7.62. The van der Waals surface area contributed by atoms with Gasteiger partial charge in [0, 0.05) is 12.1 Å². The standard InChI is InChI=1S/C7H9BF2N2O3/c9-7(10)12-2-1-5(11-12)4-3-6(4)15-8(13)14/h1-2,4,6-7,13-14H,3H2/t4-,6-/m0/s1. The molecule has 2 N–H and O–H groups in total. The molecule has 2 rings (SSSR count). The van der Waals surface area contributed by atoms with Crippen molar-refractivity contribution in [3.8, 4) is 0 Å². The van der Waals surface area contributed by atoms with E-state index in [9.17, 15) is 8.78 Å². The van der Waals surface area contributed by atoms with Gasteiger partial charge in [0.05, 0.1) is 11.8 Å². The zero-order chi connectivity index (χ0) is 11.0. The van der Waals surface area contributed by atoms with Gasteiger partial charge in [-0.1, -0.05) is 0 Å². The van der Waals surface area contributed by atoms with Crippen molar-refractivity contribution in [2.75, 3.05) is 0 Å². The Bertz CT molecular complexity index is 347. The molecule has 0 aromatic carbocycles. The van der Waals surface area contributed by atoms with Crippen LogP contribution in [0.5, 0.6) is 0 Å². The van der Waals surface area contributed by atoms with Crippen molar-refractivity contribution < 1.29 is 23.5 Å². The van der Waals surface area contributed by atoms with Crippen LogP contribution in [-0.2, 0) is 4.65 Å². The van der Waals surface area contributed by atoms with Crippen LogP contribution in [0.15, 0.2) is 12.3 Å². The van der Waals surface area contributed by atoms with Crippen molar-refractivity contribution in [1.29, 1.82) is 0 Å². The highest BCUT2D eigenvalue weighted by atomic mass is 19.3. The summed E-state index contributed by atoms with van der Waals surface area (Å²) < 4.78 is 29.5. The molecule has 0 spiro atoms. The molecule has 0 aliphatic heterocycles. The molecule has 0 unspecified atom stereocenters. The predicted molar refractivity (Wildman–Crippen MR) is 45.9 cm³/mol. The van der Waals surface area contributed by atoms with Gasteiger partial charge >= 0.3 is 13.9 Å². The van der Waals surface area contributed by atoms with Crippen LogP contribution >= 0.6 is 0 Å². The minimum absolute atomic E-state index is 0.119. The van der Waals surface area contributed by atoms with Gasteiger partial charge in [0.15, 0.2) is 0 Å². The van der Waals surface area contributed by atoms with Gasteiger partial charge in [-0.2, -0.15) is 13.9 Å². The normalized spacial score (nSPS) is 24.6. The Balaban J connectivity index is 1.95. The van der Waals surface area contributed by atoms with Crippen LogP contribution in [0.1, 0.15) is 24.6 Å². The minimum atomic E-state index is -2.65. The van der Waals surface area contributed by atoms with Crippen molar-refractivity contribution in [2.24, 2.45) is 0 Å². The van der Waals surface area contributed by atoms with Crippen molar-refractivity contribution in [3.05, 3.63) is 18.0 Å². The number of nitrogens with zero attached hydrogens (tertiary/aromatic N) is 2. The van der Waals surface area contributed by atoms with Gasteiger partial charge in [-0.3, -0.25) is 0 Å². The van der Waals surface area contributed by atoms with E-state index >= 15 is 0 Å². The third-order valence-corrected chi connectivity index (χ3v) is 2.24. The average Bonchev–Trinajstić information content (AvgIpc) is 2.73. The van der Waals surface area contributed by atoms with E-state index in [4.69, 9.17) is 10.0 Å². The molecule has 0 bridgehead atoms. The van der Waals surface area contributed by atoms with E-state index in [1.54, 1.807) is 0 Å². The molecule has 1 saturated carbocycles. The van der Waals surface area contributed by atoms with E-state index in [0.29, 0.717) is 16.8 Å². The summed E-state index contributed by atoms with van der Waals surface area (Å²) in [7, 11) is -1.82. The summed E-state index contributed by atoms with van der Waals surface area (Å²) in [4.78, 5) is 0. The summed E-state index contributed by atoms with van der Waals surface area (Å²) in [5, 5.41) is 20.7. The molecule has 82 valence electrons. The first-order chi connectivity index (χ1) is 7.08. The van der Waals surface area contributed by atoms with Crippen molar-refractivity contribution in [2.45, 2.75) is 25.0 Å². The van der Waals surface area contributed by atoms with Crippen LogP contribution in [0.2, 0.25) is 0 Å². The Morgan fingerprint density at radius 3 is 2.87 bits per heavy atom. The largest absolute Gasteiger partial charge is 0.634 e. The Kier molecular flexibility index (Phi) is 2.72. The molecule has 1 fully saturated rings. The lowest BCUT2D eigenvalue weighted by atomic mass is 10.2. The van der Waals surface area contributed by atoms with E-state index < -0.39 is 13.9 Å². The molecule has 0 radical (unpaired) electrons. The van der Waals surface area contributed by atoms with Crippen LogP contribution in [0, 0.1) is 0 Å². The third-order valence-electron chi connectivity index (χ3n) is 2.24. The summed E-state index contributed by atoms with van der Waals surface area (Å²) >= 11 is 0. The molecule has 1 aromatic rings. The van der Waals surface area contributed by atoms with Gasteiger partial charge < -0.3 is 14.7 Å². The lowest BCUT2D eigenvalue weighted by Crippen LogP contribution is -2.18. The highest BCUT2D eigenvalue weighted by molar-refractivity contribution is 6.32. The molecule has 2 atom stereocenters. The van der Waals surface area contributed by atoms with Crippen molar-refractivity contribution in [1.82, 2.24) is 9.78 Å². The number of hydrogen-bond donors (Lipinski definition) is 2. The van der Waals surface area contributed by atoms with Crippen LogP contribution < -0.4 is 0 Å². The molecule has 1 aliphatic carbocycles. The molecule has 8 heteroatoms.